The molecule has 96 valence electrons. The normalized spacial score (nSPS) is 20.8. The highest BCUT2D eigenvalue weighted by Gasteiger charge is 2.18. The second-order valence-electron chi connectivity index (χ2n) is 4.08. The summed E-state index contributed by atoms with van der Waals surface area (Å²) in [5.74, 6) is 0.370. The van der Waals surface area contributed by atoms with Crippen LogP contribution >= 0.6 is 12.4 Å². The smallest absolute Gasteiger partial charge is 0.128 e. The molecule has 17 heavy (non-hydrogen) atoms. The first-order valence-corrected chi connectivity index (χ1v) is 5.46. The quantitative estimate of drug-likeness (QED) is 0.909. The van der Waals surface area contributed by atoms with Crippen LogP contribution in [0.1, 0.15) is 24.9 Å². The van der Waals surface area contributed by atoms with E-state index in [9.17, 15) is 4.39 Å². The van der Waals surface area contributed by atoms with Gasteiger partial charge in [-0.2, -0.15) is 0 Å². The third-order valence-electron chi connectivity index (χ3n) is 2.65. The molecule has 2 N–H and O–H groups in total. The molecule has 1 saturated heterocycles. The maximum Gasteiger partial charge on any atom is 0.128 e. The Morgan fingerprint density at radius 3 is 2.88 bits per heavy atom. The highest BCUT2D eigenvalue weighted by Crippen LogP contribution is 2.23. The molecule has 1 heterocycles. The average molecular weight is 262 g/mol. The summed E-state index contributed by atoms with van der Waals surface area (Å²) >= 11 is 0. The number of hydrogen-bond acceptors (Lipinski definition) is 3. The van der Waals surface area contributed by atoms with Gasteiger partial charge in [-0.05, 0) is 25.1 Å². The van der Waals surface area contributed by atoms with Crippen LogP contribution in [-0.4, -0.2) is 19.3 Å². The molecule has 2 atom stereocenters. The fourth-order valence-corrected chi connectivity index (χ4v) is 1.74. The van der Waals surface area contributed by atoms with Gasteiger partial charge in [0.05, 0.1) is 13.2 Å². The van der Waals surface area contributed by atoms with Gasteiger partial charge in [-0.25, -0.2) is 4.39 Å². The highest BCUT2D eigenvalue weighted by atomic mass is 35.5. The maximum absolute atomic E-state index is 13.4. The number of ether oxygens (including phenoxy) is 2. The monoisotopic (exact) mass is 261 g/mol. The summed E-state index contributed by atoms with van der Waals surface area (Å²) in [4.78, 5) is 0. The Hall–Kier alpha value is -0.840. The van der Waals surface area contributed by atoms with E-state index in [4.69, 9.17) is 15.2 Å². The molecule has 2 rings (SSSR count). The molecule has 0 bridgehead atoms. The zero-order valence-electron chi connectivity index (χ0n) is 9.69. The van der Waals surface area contributed by atoms with Crippen LogP contribution in [0.2, 0.25) is 0 Å². The standard InChI is InChI=1S/C12H16FNO2.ClH/c1-8(14)11-6-9(2-3-12(11)13)16-10-4-5-15-7-10;/h2-3,6,8,10H,4-5,7,14H2,1H3;1H/t8-,10?;/m0./s1. The van der Waals surface area contributed by atoms with Crippen molar-refractivity contribution < 1.29 is 13.9 Å². The van der Waals surface area contributed by atoms with Gasteiger partial charge in [0, 0.05) is 18.0 Å². The van der Waals surface area contributed by atoms with Crippen LogP contribution in [0.5, 0.6) is 5.75 Å². The van der Waals surface area contributed by atoms with Gasteiger partial charge in [0.2, 0.25) is 0 Å². The topological polar surface area (TPSA) is 44.5 Å². The van der Waals surface area contributed by atoms with E-state index in [2.05, 4.69) is 0 Å². The Kier molecular flexibility index (Phi) is 5.18. The molecule has 1 unspecified atom stereocenters. The molecular formula is C12H17ClFNO2. The molecule has 0 aliphatic carbocycles. The van der Waals surface area contributed by atoms with Crippen LogP contribution in [0.4, 0.5) is 4.39 Å². The number of benzene rings is 1. The fraction of sp³-hybridized carbons (Fsp3) is 0.500. The van der Waals surface area contributed by atoms with E-state index in [1.807, 2.05) is 0 Å². The summed E-state index contributed by atoms with van der Waals surface area (Å²) in [6, 6.07) is 4.35. The number of hydrogen-bond donors (Lipinski definition) is 1. The van der Waals surface area contributed by atoms with Crippen LogP contribution in [-0.2, 0) is 4.74 Å². The van der Waals surface area contributed by atoms with Crippen LogP contribution in [0, 0.1) is 5.82 Å². The van der Waals surface area contributed by atoms with E-state index in [-0.39, 0.29) is 30.4 Å². The van der Waals surface area contributed by atoms with Gasteiger partial charge in [0.15, 0.2) is 0 Å². The Morgan fingerprint density at radius 1 is 1.53 bits per heavy atom. The lowest BCUT2D eigenvalue weighted by Crippen LogP contribution is -2.16. The molecular weight excluding hydrogens is 245 g/mol. The number of rotatable bonds is 3. The van der Waals surface area contributed by atoms with Crippen LogP contribution < -0.4 is 10.5 Å². The lowest BCUT2D eigenvalue weighted by atomic mass is 10.1. The SMILES string of the molecule is C[C@H](N)c1cc(OC2CCOC2)ccc1F.Cl. The lowest BCUT2D eigenvalue weighted by molar-refractivity contribution is 0.141. The van der Waals surface area contributed by atoms with Gasteiger partial charge in [-0.3, -0.25) is 0 Å². The molecule has 5 heteroatoms. The summed E-state index contributed by atoms with van der Waals surface area (Å²) in [5.41, 5.74) is 6.15. The second kappa shape index (κ2) is 6.19. The van der Waals surface area contributed by atoms with E-state index < -0.39 is 0 Å². The third-order valence-corrected chi connectivity index (χ3v) is 2.65. The van der Waals surface area contributed by atoms with Gasteiger partial charge < -0.3 is 15.2 Å². The summed E-state index contributed by atoms with van der Waals surface area (Å²) in [6.45, 7) is 3.08. The second-order valence-corrected chi connectivity index (χ2v) is 4.08. The van der Waals surface area contributed by atoms with Crippen molar-refractivity contribution in [3.63, 3.8) is 0 Å². The summed E-state index contributed by atoms with van der Waals surface area (Å²) in [6.07, 6.45) is 0.955. The van der Waals surface area contributed by atoms with Crippen LogP contribution in [0.15, 0.2) is 18.2 Å². The number of halogens is 2. The minimum absolute atomic E-state index is 0. The van der Waals surface area contributed by atoms with Gasteiger partial charge in [0.1, 0.15) is 17.7 Å². The molecule has 1 aliphatic heterocycles. The van der Waals surface area contributed by atoms with Gasteiger partial charge >= 0.3 is 0 Å². The molecule has 1 aromatic rings. The van der Waals surface area contributed by atoms with E-state index in [1.54, 1.807) is 19.1 Å². The van der Waals surface area contributed by atoms with Crippen LogP contribution in [0.3, 0.4) is 0 Å². The summed E-state index contributed by atoms with van der Waals surface area (Å²) < 4.78 is 24.3. The van der Waals surface area contributed by atoms with E-state index in [0.29, 0.717) is 17.9 Å². The Balaban J connectivity index is 0.00000144. The molecule has 3 nitrogen and oxygen atoms in total. The minimum Gasteiger partial charge on any atom is -0.488 e. The minimum atomic E-state index is -0.330. The third kappa shape index (κ3) is 3.56. The van der Waals surface area contributed by atoms with Crippen molar-refractivity contribution in [2.24, 2.45) is 5.73 Å². The largest absolute Gasteiger partial charge is 0.488 e. The molecule has 0 aromatic heterocycles. The van der Waals surface area contributed by atoms with Crippen LogP contribution in [0.25, 0.3) is 0 Å². The first-order chi connectivity index (χ1) is 7.66. The van der Waals surface area contributed by atoms with Crippen molar-refractivity contribution in [1.29, 1.82) is 0 Å². The summed E-state index contributed by atoms with van der Waals surface area (Å²) in [7, 11) is 0. The van der Waals surface area contributed by atoms with E-state index in [0.717, 1.165) is 13.0 Å². The molecule has 0 amide bonds. The first-order valence-electron chi connectivity index (χ1n) is 5.46. The number of nitrogens with two attached hydrogens (primary N) is 1. The molecule has 1 aromatic carbocycles. The van der Waals surface area contributed by atoms with Crippen molar-refractivity contribution in [3.05, 3.63) is 29.6 Å². The Bertz CT molecular complexity index is 368. The van der Waals surface area contributed by atoms with E-state index in [1.165, 1.54) is 6.07 Å². The van der Waals surface area contributed by atoms with Crippen molar-refractivity contribution in [2.45, 2.75) is 25.5 Å². The zero-order chi connectivity index (χ0) is 11.5. The van der Waals surface area contributed by atoms with Crippen molar-refractivity contribution in [3.8, 4) is 5.75 Å². The molecule has 1 aliphatic rings. The first kappa shape index (κ1) is 14.2. The summed E-state index contributed by atoms with van der Waals surface area (Å²) in [5, 5.41) is 0. The van der Waals surface area contributed by atoms with Gasteiger partial charge in [-0.15, -0.1) is 12.4 Å². The maximum atomic E-state index is 13.4. The predicted molar refractivity (Wildman–Crippen MR) is 66.1 cm³/mol. The Labute approximate surface area is 107 Å². The lowest BCUT2D eigenvalue weighted by Gasteiger charge is -2.14. The molecule has 0 radical (unpaired) electrons. The van der Waals surface area contributed by atoms with Gasteiger partial charge in [0.25, 0.3) is 0 Å². The zero-order valence-corrected chi connectivity index (χ0v) is 10.5. The van der Waals surface area contributed by atoms with Crippen molar-refractivity contribution in [2.75, 3.05) is 13.2 Å². The average Bonchev–Trinajstić information content (AvgIpc) is 2.73. The predicted octanol–water partition coefficient (Wildman–Crippen LogP) is 2.43. The van der Waals surface area contributed by atoms with E-state index >= 15 is 0 Å². The van der Waals surface area contributed by atoms with Crippen molar-refractivity contribution >= 4 is 12.4 Å². The molecule has 0 saturated carbocycles. The molecule has 0 spiro atoms. The molecule has 1 fully saturated rings. The Morgan fingerprint density at radius 2 is 2.29 bits per heavy atom. The highest BCUT2D eigenvalue weighted by molar-refractivity contribution is 5.85. The fourth-order valence-electron chi connectivity index (χ4n) is 1.74. The van der Waals surface area contributed by atoms with Gasteiger partial charge in [-0.1, -0.05) is 0 Å². The van der Waals surface area contributed by atoms with Crippen molar-refractivity contribution in [1.82, 2.24) is 0 Å².